The average molecular weight is 267 g/mol. The van der Waals surface area contributed by atoms with Gasteiger partial charge < -0.3 is 5.32 Å². The summed E-state index contributed by atoms with van der Waals surface area (Å²) in [5, 5.41) is 6.57. The second-order valence-electron chi connectivity index (χ2n) is 2.89. The van der Waals surface area contributed by atoms with Crippen LogP contribution in [-0.2, 0) is 10.0 Å². The van der Waals surface area contributed by atoms with E-state index in [0.717, 1.165) is 6.07 Å². The maximum Gasteiger partial charge on any atom is 0.252 e. The number of amides is 1. The summed E-state index contributed by atoms with van der Waals surface area (Å²) in [5.41, 5.74) is -0.284. The number of carbonyl (C=O) groups is 1. The van der Waals surface area contributed by atoms with Gasteiger partial charge in [-0.05, 0) is 12.1 Å². The van der Waals surface area contributed by atoms with Gasteiger partial charge in [-0.15, -0.1) is 0 Å². The number of nitrogens with two attached hydrogens (primary N) is 1. The molecule has 0 saturated carbocycles. The highest BCUT2D eigenvalue weighted by atomic mass is 35.5. The molecule has 1 amide bonds. The molecule has 0 bridgehead atoms. The van der Waals surface area contributed by atoms with Gasteiger partial charge in [-0.2, -0.15) is 0 Å². The minimum absolute atomic E-state index is 0.284. The van der Waals surface area contributed by atoms with Crippen molar-refractivity contribution in [3.63, 3.8) is 0 Å². The molecular weight excluding hydrogens is 259 g/mol. The first-order chi connectivity index (χ1) is 7.27. The molecule has 0 saturated heterocycles. The van der Waals surface area contributed by atoms with Gasteiger partial charge in [0.2, 0.25) is 10.0 Å². The number of hydrogen-bond acceptors (Lipinski definition) is 3. The Kier molecular flexibility index (Phi) is 3.51. The second kappa shape index (κ2) is 4.36. The van der Waals surface area contributed by atoms with Gasteiger partial charge in [0.05, 0.1) is 15.5 Å². The monoisotopic (exact) mass is 266 g/mol. The van der Waals surface area contributed by atoms with Crippen molar-refractivity contribution in [1.29, 1.82) is 0 Å². The van der Waals surface area contributed by atoms with Crippen LogP contribution in [-0.4, -0.2) is 21.4 Å². The molecule has 0 radical (unpaired) electrons. The number of hydrogen-bond donors (Lipinski definition) is 2. The zero-order chi connectivity index (χ0) is 12.5. The van der Waals surface area contributed by atoms with Crippen LogP contribution in [0, 0.1) is 5.82 Å². The normalized spacial score (nSPS) is 11.2. The first-order valence-corrected chi connectivity index (χ1v) is 5.93. The van der Waals surface area contributed by atoms with E-state index in [1.165, 1.54) is 7.05 Å². The van der Waals surface area contributed by atoms with Crippen molar-refractivity contribution in [2.75, 3.05) is 7.05 Å². The third-order valence-electron chi connectivity index (χ3n) is 1.80. The number of rotatable bonds is 2. The molecular formula is C8H8ClFN2O3S. The molecule has 0 aliphatic heterocycles. The van der Waals surface area contributed by atoms with Gasteiger partial charge in [0.1, 0.15) is 5.82 Å². The predicted octanol–water partition coefficient (Wildman–Crippen LogP) is 0.486. The zero-order valence-corrected chi connectivity index (χ0v) is 9.69. The van der Waals surface area contributed by atoms with Crippen LogP contribution in [0.4, 0.5) is 4.39 Å². The molecule has 0 unspecified atom stereocenters. The van der Waals surface area contributed by atoms with Crippen LogP contribution in [0.5, 0.6) is 0 Å². The third kappa shape index (κ3) is 2.49. The quantitative estimate of drug-likeness (QED) is 0.816. The second-order valence-corrected chi connectivity index (χ2v) is 4.83. The number of primary sulfonamides is 1. The molecule has 16 heavy (non-hydrogen) atoms. The minimum Gasteiger partial charge on any atom is -0.355 e. The minimum atomic E-state index is -4.08. The Hall–Kier alpha value is -1.18. The van der Waals surface area contributed by atoms with Crippen LogP contribution in [0.3, 0.4) is 0 Å². The highest BCUT2D eigenvalue weighted by Gasteiger charge is 2.18. The number of carbonyl (C=O) groups excluding carboxylic acids is 1. The summed E-state index contributed by atoms with van der Waals surface area (Å²) in [4.78, 5) is 10.8. The van der Waals surface area contributed by atoms with Gasteiger partial charge >= 0.3 is 0 Å². The predicted molar refractivity (Wildman–Crippen MR) is 56.2 cm³/mol. The smallest absolute Gasteiger partial charge is 0.252 e. The molecule has 1 aromatic carbocycles. The van der Waals surface area contributed by atoms with Gasteiger partial charge in [0.25, 0.3) is 5.91 Å². The number of benzene rings is 1. The van der Waals surface area contributed by atoms with Crippen LogP contribution in [0.25, 0.3) is 0 Å². The Balaban J connectivity index is 3.51. The Labute approximate surface area is 96.4 Å². The maximum absolute atomic E-state index is 13.2. The molecule has 3 N–H and O–H groups in total. The highest BCUT2D eigenvalue weighted by molar-refractivity contribution is 7.89. The summed E-state index contributed by atoms with van der Waals surface area (Å²) < 4.78 is 35.2. The van der Waals surface area contributed by atoms with E-state index in [1.807, 2.05) is 0 Å². The summed E-state index contributed by atoms with van der Waals surface area (Å²) in [7, 11) is -2.78. The lowest BCUT2D eigenvalue weighted by atomic mass is 10.2. The van der Waals surface area contributed by atoms with Crippen LogP contribution in [0.15, 0.2) is 17.0 Å². The average Bonchev–Trinajstić information content (AvgIpc) is 2.19. The van der Waals surface area contributed by atoms with Crippen LogP contribution in [0.1, 0.15) is 10.4 Å². The van der Waals surface area contributed by atoms with Gasteiger partial charge in [0.15, 0.2) is 0 Å². The Morgan fingerprint density at radius 2 is 2.06 bits per heavy atom. The van der Waals surface area contributed by atoms with Crippen molar-refractivity contribution < 1.29 is 17.6 Å². The van der Waals surface area contributed by atoms with Crippen molar-refractivity contribution in [2.24, 2.45) is 5.14 Å². The van der Waals surface area contributed by atoms with Gasteiger partial charge in [-0.25, -0.2) is 17.9 Å². The molecule has 0 spiro atoms. The maximum atomic E-state index is 13.2. The van der Waals surface area contributed by atoms with Crippen molar-refractivity contribution in [3.8, 4) is 0 Å². The standard InChI is InChI=1S/C8H8ClFN2O3S/c1-12-8(13)5-2-4(16(11,14)15)3-6(10)7(5)9/h2-3H,1H3,(H,12,13)(H2,11,14,15). The Morgan fingerprint density at radius 1 is 1.50 bits per heavy atom. The summed E-state index contributed by atoms with van der Waals surface area (Å²) in [6.45, 7) is 0. The molecule has 1 rings (SSSR count). The lowest BCUT2D eigenvalue weighted by Gasteiger charge is -2.06. The van der Waals surface area contributed by atoms with Crippen molar-refractivity contribution >= 4 is 27.5 Å². The molecule has 88 valence electrons. The SMILES string of the molecule is CNC(=O)c1cc(S(N)(=O)=O)cc(F)c1Cl. The third-order valence-corrected chi connectivity index (χ3v) is 3.08. The van der Waals surface area contributed by atoms with E-state index in [-0.39, 0.29) is 5.56 Å². The molecule has 0 heterocycles. The van der Waals surface area contributed by atoms with Gasteiger partial charge in [0, 0.05) is 7.05 Å². The molecule has 0 fully saturated rings. The van der Waals surface area contributed by atoms with E-state index in [4.69, 9.17) is 16.7 Å². The van der Waals surface area contributed by atoms with Crippen molar-refractivity contribution in [3.05, 3.63) is 28.5 Å². The summed E-state index contributed by atoms with van der Waals surface area (Å²) in [6, 6.07) is 1.57. The first kappa shape index (κ1) is 12.9. The van der Waals surface area contributed by atoms with E-state index in [0.29, 0.717) is 6.07 Å². The molecule has 0 aliphatic carbocycles. The fourth-order valence-electron chi connectivity index (χ4n) is 1.03. The molecule has 5 nitrogen and oxygen atoms in total. The van der Waals surface area contributed by atoms with E-state index in [1.54, 1.807) is 0 Å². The molecule has 1 aromatic rings. The molecule has 0 atom stereocenters. The van der Waals surface area contributed by atoms with Gasteiger partial charge in [-0.3, -0.25) is 4.79 Å². The number of halogens is 2. The van der Waals surface area contributed by atoms with Gasteiger partial charge in [-0.1, -0.05) is 11.6 Å². The Morgan fingerprint density at radius 3 is 2.50 bits per heavy atom. The number of sulfonamides is 1. The van der Waals surface area contributed by atoms with Crippen molar-refractivity contribution in [2.45, 2.75) is 4.90 Å². The number of nitrogens with one attached hydrogen (secondary N) is 1. The van der Waals surface area contributed by atoms with Crippen LogP contribution >= 0.6 is 11.6 Å². The Bertz CT molecular complexity index is 544. The first-order valence-electron chi connectivity index (χ1n) is 4.01. The largest absolute Gasteiger partial charge is 0.355 e. The van der Waals surface area contributed by atoms with E-state index >= 15 is 0 Å². The lowest BCUT2D eigenvalue weighted by Crippen LogP contribution is -2.20. The van der Waals surface area contributed by atoms with Crippen LogP contribution < -0.4 is 10.5 Å². The molecule has 0 aliphatic rings. The fourth-order valence-corrected chi connectivity index (χ4v) is 1.77. The van der Waals surface area contributed by atoms with E-state index in [2.05, 4.69) is 5.32 Å². The summed E-state index contributed by atoms with van der Waals surface area (Å²) >= 11 is 5.52. The summed E-state index contributed by atoms with van der Waals surface area (Å²) in [6.07, 6.45) is 0. The highest BCUT2D eigenvalue weighted by Crippen LogP contribution is 2.23. The fraction of sp³-hybridized carbons (Fsp3) is 0.125. The molecule has 8 heteroatoms. The van der Waals surface area contributed by atoms with Crippen LogP contribution in [0.2, 0.25) is 5.02 Å². The topological polar surface area (TPSA) is 89.3 Å². The van der Waals surface area contributed by atoms with E-state index < -0.39 is 31.7 Å². The summed E-state index contributed by atoms with van der Waals surface area (Å²) in [5.74, 6) is -1.72. The van der Waals surface area contributed by atoms with Crippen molar-refractivity contribution in [1.82, 2.24) is 5.32 Å². The molecule has 0 aromatic heterocycles. The zero-order valence-electron chi connectivity index (χ0n) is 8.12. The lowest BCUT2D eigenvalue weighted by molar-refractivity contribution is 0.0962. The van der Waals surface area contributed by atoms with E-state index in [9.17, 15) is 17.6 Å².